The van der Waals surface area contributed by atoms with Gasteiger partial charge in [0.15, 0.2) is 0 Å². The zero-order valence-electron chi connectivity index (χ0n) is 20.6. The van der Waals surface area contributed by atoms with Crippen LogP contribution in [0.2, 0.25) is 0 Å². The van der Waals surface area contributed by atoms with Gasteiger partial charge in [-0.2, -0.15) is 0 Å². The molecule has 5 heteroatoms. The van der Waals surface area contributed by atoms with Crippen molar-refractivity contribution in [3.05, 3.63) is 95.8 Å². The van der Waals surface area contributed by atoms with Gasteiger partial charge in [0.2, 0.25) is 5.91 Å². The lowest BCUT2D eigenvalue weighted by Crippen LogP contribution is -2.24. The fourth-order valence-corrected chi connectivity index (χ4v) is 4.90. The van der Waals surface area contributed by atoms with Gasteiger partial charge in [-0.25, -0.2) is 4.98 Å². The number of para-hydroxylation sites is 2. The number of nitrogens with zero attached hydrogens (tertiary/aromatic N) is 3. The normalized spacial score (nSPS) is 15.9. The van der Waals surface area contributed by atoms with Gasteiger partial charge in [0.1, 0.15) is 11.6 Å². The van der Waals surface area contributed by atoms with Gasteiger partial charge in [-0.15, -0.1) is 0 Å². The molecule has 1 aliphatic rings. The maximum Gasteiger partial charge on any atom is 0.223 e. The van der Waals surface area contributed by atoms with Crippen molar-refractivity contribution in [1.82, 2.24) is 14.5 Å². The lowest BCUT2D eigenvalue weighted by Gasteiger charge is -2.17. The average Bonchev–Trinajstić information content (AvgIpc) is 3.43. The van der Waals surface area contributed by atoms with Gasteiger partial charge in [-0.3, -0.25) is 4.79 Å². The summed E-state index contributed by atoms with van der Waals surface area (Å²) in [7, 11) is 0. The summed E-state index contributed by atoms with van der Waals surface area (Å²) in [5.74, 6) is 2.73. The highest BCUT2D eigenvalue weighted by atomic mass is 16.5. The topological polar surface area (TPSA) is 47.4 Å². The monoisotopic (exact) mass is 467 g/mol. The zero-order chi connectivity index (χ0) is 24.2. The molecule has 0 spiro atoms. The van der Waals surface area contributed by atoms with Crippen molar-refractivity contribution in [2.45, 2.75) is 51.6 Å². The Morgan fingerprint density at radius 1 is 0.971 bits per heavy atom. The van der Waals surface area contributed by atoms with Crippen LogP contribution in [0.4, 0.5) is 0 Å². The van der Waals surface area contributed by atoms with Crippen LogP contribution >= 0.6 is 0 Å². The second-order valence-electron chi connectivity index (χ2n) is 9.70. The molecule has 1 aliphatic heterocycles. The number of aromatic nitrogens is 2. The summed E-state index contributed by atoms with van der Waals surface area (Å²) in [4.78, 5) is 19.8. The highest BCUT2D eigenvalue weighted by Gasteiger charge is 2.33. The van der Waals surface area contributed by atoms with Crippen LogP contribution in [0.3, 0.4) is 0 Å². The van der Waals surface area contributed by atoms with Crippen molar-refractivity contribution in [2.24, 2.45) is 0 Å². The van der Waals surface area contributed by atoms with Gasteiger partial charge in [-0.05, 0) is 47.7 Å². The number of carbonyl (C=O) groups excluding carboxylic acids is 1. The number of rotatable bonds is 9. The third-order valence-corrected chi connectivity index (χ3v) is 6.82. The molecule has 35 heavy (non-hydrogen) atoms. The number of hydrogen-bond donors (Lipinski definition) is 0. The molecule has 0 aliphatic carbocycles. The second-order valence-corrected chi connectivity index (χ2v) is 9.70. The number of fused-ring (bicyclic) bond motifs is 1. The van der Waals surface area contributed by atoms with E-state index in [2.05, 4.69) is 73.0 Å². The Balaban J connectivity index is 1.27. The van der Waals surface area contributed by atoms with E-state index in [0.29, 0.717) is 32.0 Å². The number of ether oxygens (including phenoxy) is 1. The molecule has 5 nitrogen and oxygen atoms in total. The van der Waals surface area contributed by atoms with Crippen molar-refractivity contribution in [1.29, 1.82) is 0 Å². The molecule has 0 bridgehead atoms. The number of imidazole rings is 1. The molecular weight excluding hydrogens is 434 g/mol. The fourth-order valence-electron chi connectivity index (χ4n) is 4.90. The molecule has 3 aromatic carbocycles. The van der Waals surface area contributed by atoms with Gasteiger partial charge in [0, 0.05) is 32.0 Å². The molecule has 180 valence electrons. The van der Waals surface area contributed by atoms with Crippen LogP contribution in [-0.2, 0) is 17.9 Å². The van der Waals surface area contributed by atoms with E-state index in [9.17, 15) is 4.79 Å². The molecule has 0 N–H and O–H groups in total. The molecule has 0 radical (unpaired) electrons. The highest BCUT2D eigenvalue weighted by molar-refractivity contribution is 5.81. The molecule has 1 atom stereocenters. The van der Waals surface area contributed by atoms with E-state index < -0.39 is 0 Å². The molecule has 1 saturated heterocycles. The van der Waals surface area contributed by atoms with Crippen molar-refractivity contribution in [3.63, 3.8) is 0 Å². The zero-order valence-corrected chi connectivity index (χ0v) is 20.6. The largest absolute Gasteiger partial charge is 0.494 e. The summed E-state index contributed by atoms with van der Waals surface area (Å²) in [5, 5.41) is 0. The van der Waals surface area contributed by atoms with E-state index in [1.54, 1.807) is 0 Å². The fraction of sp³-hybridized carbons (Fsp3) is 0.333. The Kier molecular flexibility index (Phi) is 6.84. The minimum absolute atomic E-state index is 0.100. The first kappa shape index (κ1) is 23.2. The molecule has 1 aromatic heterocycles. The van der Waals surface area contributed by atoms with Gasteiger partial charge in [-0.1, -0.05) is 68.4 Å². The SMILES string of the molecule is CC(C)c1ccc(OCCCn2c(C3CC(=O)N(Cc4ccccc4)C3)nc3ccccc32)cc1. The number of amides is 1. The molecule has 1 fully saturated rings. The lowest BCUT2D eigenvalue weighted by molar-refractivity contribution is -0.128. The van der Waals surface area contributed by atoms with E-state index in [4.69, 9.17) is 9.72 Å². The first-order chi connectivity index (χ1) is 17.1. The van der Waals surface area contributed by atoms with E-state index in [-0.39, 0.29) is 11.8 Å². The number of likely N-dealkylation sites (tertiary alicyclic amines) is 1. The first-order valence-corrected chi connectivity index (χ1v) is 12.6. The minimum atomic E-state index is 0.100. The van der Waals surface area contributed by atoms with Gasteiger partial charge >= 0.3 is 0 Å². The summed E-state index contributed by atoms with van der Waals surface area (Å²) < 4.78 is 8.32. The third-order valence-electron chi connectivity index (χ3n) is 6.82. The molecular formula is C30H33N3O2. The van der Waals surface area contributed by atoms with Crippen LogP contribution in [0.15, 0.2) is 78.9 Å². The Bertz CT molecular complexity index is 1280. The summed E-state index contributed by atoms with van der Waals surface area (Å²) in [6, 6.07) is 26.8. The Hall–Kier alpha value is -3.60. The van der Waals surface area contributed by atoms with Gasteiger partial charge in [0.25, 0.3) is 0 Å². The summed E-state index contributed by atoms with van der Waals surface area (Å²) in [6.45, 7) is 7.19. The Morgan fingerprint density at radius 3 is 2.49 bits per heavy atom. The average molecular weight is 468 g/mol. The third kappa shape index (κ3) is 5.24. The summed E-state index contributed by atoms with van der Waals surface area (Å²) in [5.41, 5.74) is 4.59. The van der Waals surface area contributed by atoms with E-state index in [1.807, 2.05) is 29.2 Å². The van der Waals surface area contributed by atoms with Gasteiger partial charge in [0.05, 0.1) is 17.6 Å². The second kappa shape index (κ2) is 10.3. The smallest absolute Gasteiger partial charge is 0.223 e. The standard InChI is InChI=1S/C30H33N3O2/c1-22(2)24-13-15-26(16-14-24)35-18-8-17-33-28-12-7-6-11-27(28)31-30(33)25-19-29(34)32(21-25)20-23-9-4-3-5-10-23/h3-7,9-16,22,25H,8,17-21H2,1-2H3. The van der Waals surface area contributed by atoms with Crippen molar-refractivity contribution in [2.75, 3.05) is 13.2 Å². The van der Waals surface area contributed by atoms with E-state index >= 15 is 0 Å². The van der Waals surface area contributed by atoms with Crippen LogP contribution in [-0.4, -0.2) is 33.5 Å². The van der Waals surface area contributed by atoms with Crippen LogP contribution < -0.4 is 4.74 Å². The van der Waals surface area contributed by atoms with Gasteiger partial charge < -0.3 is 14.2 Å². The molecule has 5 rings (SSSR count). The van der Waals surface area contributed by atoms with Crippen molar-refractivity contribution in [3.8, 4) is 5.75 Å². The molecule has 1 amide bonds. The van der Waals surface area contributed by atoms with Crippen LogP contribution in [0.5, 0.6) is 5.75 Å². The van der Waals surface area contributed by atoms with Crippen molar-refractivity contribution >= 4 is 16.9 Å². The number of hydrogen-bond acceptors (Lipinski definition) is 3. The summed E-state index contributed by atoms with van der Waals surface area (Å²) >= 11 is 0. The maximum absolute atomic E-state index is 12.8. The number of aryl methyl sites for hydroxylation is 1. The van der Waals surface area contributed by atoms with E-state index in [0.717, 1.165) is 41.1 Å². The van der Waals surface area contributed by atoms with Crippen molar-refractivity contribution < 1.29 is 9.53 Å². The Labute approximate surface area is 207 Å². The quantitative estimate of drug-likeness (QED) is 0.278. The predicted octanol–water partition coefficient (Wildman–Crippen LogP) is 6.14. The molecule has 4 aromatic rings. The van der Waals surface area contributed by atoms with Crippen LogP contribution in [0.1, 0.15) is 55.5 Å². The van der Waals surface area contributed by atoms with E-state index in [1.165, 1.54) is 5.56 Å². The predicted molar refractivity (Wildman–Crippen MR) is 140 cm³/mol. The first-order valence-electron chi connectivity index (χ1n) is 12.6. The lowest BCUT2D eigenvalue weighted by atomic mass is 10.0. The molecule has 1 unspecified atom stereocenters. The molecule has 2 heterocycles. The minimum Gasteiger partial charge on any atom is -0.494 e. The summed E-state index contributed by atoms with van der Waals surface area (Å²) in [6.07, 6.45) is 1.38. The maximum atomic E-state index is 12.8. The Morgan fingerprint density at radius 2 is 1.71 bits per heavy atom. The number of carbonyl (C=O) groups is 1. The highest BCUT2D eigenvalue weighted by Crippen LogP contribution is 2.31. The molecule has 0 saturated carbocycles. The van der Waals surface area contributed by atoms with Crippen LogP contribution in [0, 0.1) is 0 Å². The number of benzene rings is 3. The van der Waals surface area contributed by atoms with Crippen LogP contribution in [0.25, 0.3) is 11.0 Å².